The van der Waals surface area contributed by atoms with E-state index in [4.69, 9.17) is 29.6 Å². The molecule has 152 valence electrons. The van der Waals surface area contributed by atoms with E-state index in [0.29, 0.717) is 0 Å². The smallest absolute Gasteiger partial charge is 0.391 e. The van der Waals surface area contributed by atoms with Crippen molar-refractivity contribution in [2.75, 3.05) is 0 Å². The summed E-state index contributed by atoms with van der Waals surface area (Å²) in [5.74, 6) is 0. The Morgan fingerprint density at radius 2 is 1.79 bits per heavy atom. The minimum Gasteiger partial charge on any atom is -0.391 e. The third-order valence-electron chi connectivity index (χ3n) is 3.25. The predicted octanol–water partition coefficient (Wildman–Crippen LogP) is 6.08. The Labute approximate surface area is 174 Å². The van der Waals surface area contributed by atoms with Crippen molar-refractivity contribution in [3.05, 3.63) is 68.7 Å². The number of halogens is 5. The molecule has 0 spiro atoms. The largest absolute Gasteiger partial charge is 0.417 e. The fourth-order valence-electron chi connectivity index (χ4n) is 2.07. The molecule has 1 N–H and O–H groups in total. The molecule has 2 aromatic carbocycles. The molecule has 2 aromatic rings. The summed E-state index contributed by atoms with van der Waals surface area (Å²) in [4.78, 5) is 5.24. The molecule has 0 saturated heterocycles. The van der Waals surface area contributed by atoms with Crippen LogP contribution in [0.3, 0.4) is 0 Å². The van der Waals surface area contributed by atoms with Crippen molar-refractivity contribution < 1.29 is 26.4 Å². The van der Waals surface area contributed by atoms with E-state index in [1.54, 1.807) is 6.92 Å². The lowest BCUT2D eigenvalue weighted by Crippen LogP contribution is -2.13. The second-order valence-electron chi connectivity index (χ2n) is 5.21. The second-order valence-corrected chi connectivity index (χ2v) is 7.04. The maximum atomic E-state index is 13.2. The van der Waals surface area contributed by atoms with Gasteiger partial charge in [-0.05, 0) is 42.3 Å². The summed E-state index contributed by atoms with van der Waals surface area (Å²) in [5, 5.41) is 4.11. The van der Waals surface area contributed by atoms with E-state index in [-0.39, 0.29) is 29.3 Å². The summed E-state index contributed by atoms with van der Waals surface area (Å²) in [6, 6.07) is 10.8. The number of oxime groups is 1. The first kappa shape index (κ1) is 24.1. The SMILES string of the molecule is CC/C(=N\OCc1ccc(Br)cc1)c1cc(Cl)ccc1C(F)(F)F.N=S(=O)=O. The second kappa shape index (κ2) is 11.2. The van der Waals surface area contributed by atoms with Gasteiger partial charge in [0.05, 0.1) is 11.3 Å². The normalized spacial score (nSPS) is 11.4. The Morgan fingerprint density at radius 3 is 2.29 bits per heavy atom. The summed E-state index contributed by atoms with van der Waals surface area (Å²) in [7, 11) is -2.61. The highest BCUT2D eigenvalue weighted by molar-refractivity contribution is 9.10. The van der Waals surface area contributed by atoms with Crippen LogP contribution in [0.15, 0.2) is 52.1 Å². The van der Waals surface area contributed by atoms with Gasteiger partial charge in [-0.1, -0.05) is 51.7 Å². The molecule has 2 rings (SSSR count). The summed E-state index contributed by atoms with van der Waals surface area (Å²) in [6.45, 7) is 1.88. The molecule has 11 heteroatoms. The van der Waals surface area contributed by atoms with Crippen LogP contribution < -0.4 is 0 Å². The summed E-state index contributed by atoms with van der Waals surface area (Å²) >= 11 is 9.17. The average Bonchev–Trinajstić information content (AvgIpc) is 2.58. The molecule has 0 aliphatic heterocycles. The van der Waals surface area contributed by atoms with Gasteiger partial charge in [0.1, 0.15) is 6.61 Å². The van der Waals surface area contributed by atoms with Crippen LogP contribution >= 0.6 is 27.5 Å². The van der Waals surface area contributed by atoms with Crippen LogP contribution in [0.1, 0.15) is 30.0 Å². The van der Waals surface area contributed by atoms with E-state index in [9.17, 15) is 13.2 Å². The average molecular weight is 500 g/mol. The highest BCUT2D eigenvalue weighted by Gasteiger charge is 2.34. The third kappa shape index (κ3) is 8.41. The van der Waals surface area contributed by atoms with Crippen LogP contribution in [-0.2, 0) is 28.1 Å². The van der Waals surface area contributed by atoms with Crippen molar-refractivity contribution in [2.45, 2.75) is 26.1 Å². The van der Waals surface area contributed by atoms with Crippen LogP contribution in [0.25, 0.3) is 0 Å². The fourth-order valence-corrected chi connectivity index (χ4v) is 2.51. The molecule has 0 aromatic heterocycles. The maximum absolute atomic E-state index is 13.2. The summed E-state index contributed by atoms with van der Waals surface area (Å²) < 4.78 is 63.2. The summed E-state index contributed by atoms with van der Waals surface area (Å²) in [6.07, 6.45) is -4.20. The number of rotatable bonds is 5. The fraction of sp³-hybridized carbons (Fsp3) is 0.235. The zero-order chi connectivity index (χ0) is 21.3. The molecule has 0 fully saturated rings. The van der Waals surface area contributed by atoms with E-state index in [1.165, 1.54) is 12.1 Å². The van der Waals surface area contributed by atoms with Gasteiger partial charge in [-0.3, -0.25) is 0 Å². The van der Waals surface area contributed by atoms with Gasteiger partial charge < -0.3 is 4.84 Å². The summed E-state index contributed by atoms with van der Waals surface area (Å²) in [5.41, 5.74) is 0.217. The molecule has 0 aliphatic rings. The molecule has 0 unspecified atom stereocenters. The van der Waals surface area contributed by atoms with Gasteiger partial charge in [-0.15, -0.1) is 0 Å². The molecule has 0 saturated carbocycles. The van der Waals surface area contributed by atoms with Crippen molar-refractivity contribution in [3.63, 3.8) is 0 Å². The van der Waals surface area contributed by atoms with Gasteiger partial charge in [0.25, 0.3) is 0 Å². The minimum absolute atomic E-state index is 0.0618. The lowest BCUT2D eigenvalue weighted by molar-refractivity contribution is -0.137. The number of hydrogen-bond acceptors (Lipinski definition) is 5. The van der Waals surface area contributed by atoms with Crippen LogP contribution in [0.2, 0.25) is 5.02 Å². The minimum atomic E-state index is -4.48. The van der Waals surface area contributed by atoms with Crippen molar-refractivity contribution in [3.8, 4) is 0 Å². The molecule has 0 bridgehead atoms. The first-order valence-electron chi connectivity index (χ1n) is 7.65. The van der Waals surface area contributed by atoms with E-state index in [1.807, 2.05) is 24.3 Å². The van der Waals surface area contributed by atoms with Gasteiger partial charge in [0, 0.05) is 15.1 Å². The number of nitrogens with zero attached hydrogens (tertiary/aromatic N) is 1. The maximum Gasteiger partial charge on any atom is 0.417 e. The van der Waals surface area contributed by atoms with Crippen molar-refractivity contribution in [1.82, 2.24) is 0 Å². The number of nitrogens with one attached hydrogen (secondary N) is 1. The van der Waals surface area contributed by atoms with Crippen molar-refractivity contribution in [1.29, 1.82) is 4.78 Å². The van der Waals surface area contributed by atoms with Crippen LogP contribution in [0.5, 0.6) is 0 Å². The molecule has 0 aliphatic carbocycles. The molecule has 5 nitrogen and oxygen atoms in total. The quantitative estimate of drug-likeness (QED) is 0.400. The molecule has 0 atom stereocenters. The first-order chi connectivity index (χ1) is 13.0. The Balaban J connectivity index is 0.000000892. The van der Waals surface area contributed by atoms with E-state index < -0.39 is 22.2 Å². The lowest BCUT2D eigenvalue weighted by Gasteiger charge is -2.14. The van der Waals surface area contributed by atoms with Gasteiger partial charge >= 0.3 is 16.7 Å². The Bertz CT molecular complexity index is 927. The Hall–Kier alpha value is -1.91. The molecule has 0 radical (unpaired) electrons. The molecular weight excluding hydrogens is 485 g/mol. The topological polar surface area (TPSA) is 79.6 Å². The third-order valence-corrected chi connectivity index (χ3v) is 4.02. The first-order valence-corrected chi connectivity index (χ1v) is 9.90. The standard InChI is InChI=1S/C17H14BrClF3NO.HNO2S/c1-2-16(23-24-10-11-3-5-12(18)6-4-11)14-9-13(19)7-8-15(14)17(20,21)22;1-4(2)3/h3-9H,2,10H2,1H3;1H/b23-16+;. The van der Waals surface area contributed by atoms with Gasteiger partial charge in [0.15, 0.2) is 0 Å². The highest BCUT2D eigenvalue weighted by atomic mass is 79.9. The number of benzene rings is 2. The Morgan fingerprint density at radius 1 is 1.21 bits per heavy atom. The Kier molecular flexibility index (Phi) is 9.63. The predicted molar refractivity (Wildman–Crippen MR) is 104 cm³/mol. The monoisotopic (exact) mass is 498 g/mol. The number of hydrogen-bond donors (Lipinski definition) is 1. The molecule has 28 heavy (non-hydrogen) atoms. The van der Waals surface area contributed by atoms with Gasteiger partial charge in [-0.2, -0.15) is 26.4 Å². The molecule has 0 amide bonds. The molecule has 0 heterocycles. The molecular formula is C17H15BrClF3N2O3S. The zero-order valence-corrected chi connectivity index (χ0v) is 17.6. The van der Waals surface area contributed by atoms with Crippen molar-refractivity contribution in [2.24, 2.45) is 5.16 Å². The van der Waals surface area contributed by atoms with E-state index in [0.717, 1.165) is 16.1 Å². The lowest BCUT2D eigenvalue weighted by atomic mass is 10.0. The van der Waals surface area contributed by atoms with Crippen LogP contribution in [0, 0.1) is 4.78 Å². The van der Waals surface area contributed by atoms with E-state index in [2.05, 4.69) is 21.1 Å². The number of alkyl halides is 3. The van der Waals surface area contributed by atoms with Gasteiger partial charge in [-0.25, -0.2) is 0 Å². The van der Waals surface area contributed by atoms with Gasteiger partial charge in [0.2, 0.25) is 0 Å². The van der Waals surface area contributed by atoms with Crippen molar-refractivity contribution >= 4 is 43.7 Å². The van der Waals surface area contributed by atoms with Crippen LogP contribution in [0.4, 0.5) is 13.2 Å². The zero-order valence-electron chi connectivity index (χ0n) is 14.4. The highest BCUT2D eigenvalue weighted by Crippen LogP contribution is 2.34. The van der Waals surface area contributed by atoms with E-state index >= 15 is 0 Å². The van der Waals surface area contributed by atoms with Crippen LogP contribution in [-0.4, -0.2) is 14.1 Å².